The van der Waals surface area contributed by atoms with Crippen molar-refractivity contribution in [3.05, 3.63) is 47.3 Å². The predicted octanol–water partition coefficient (Wildman–Crippen LogP) is 1.06. The second-order valence-electron chi connectivity index (χ2n) is 5.83. The first kappa shape index (κ1) is 16.1. The van der Waals surface area contributed by atoms with Crippen LogP contribution < -0.4 is 0 Å². The average molecular weight is 336 g/mol. The molecule has 1 N–H and O–H groups in total. The van der Waals surface area contributed by atoms with Crippen molar-refractivity contribution < 1.29 is 13.2 Å². The monoisotopic (exact) mass is 336 g/mol. The lowest BCUT2D eigenvalue weighted by atomic mass is 10.0. The number of hydrogen-bond donors (Lipinski definition) is 1. The van der Waals surface area contributed by atoms with Gasteiger partial charge in [-0.25, -0.2) is 8.42 Å². The molecule has 3 rings (SSSR count). The Bertz CT molecular complexity index is 744. The molecule has 2 aromatic rings. The Morgan fingerprint density at radius 3 is 2.65 bits per heavy atom. The van der Waals surface area contributed by atoms with E-state index in [2.05, 4.69) is 15.4 Å². The molecule has 0 aliphatic carbocycles. The quantitative estimate of drug-likeness (QED) is 0.882. The molecule has 1 fully saturated rings. The highest BCUT2D eigenvalue weighted by Crippen LogP contribution is 2.30. The number of H-pyrrole nitrogens is 1. The Balaban J connectivity index is 1.77. The van der Waals surface area contributed by atoms with Gasteiger partial charge in [-0.15, -0.1) is 0 Å². The third-order valence-electron chi connectivity index (χ3n) is 4.21. The second kappa shape index (κ2) is 6.38. The van der Waals surface area contributed by atoms with Crippen molar-refractivity contribution in [2.24, 2.45) is 0 Å². The summed E-state index contributed by atoms with van der Waals surface area (Å²) in [4.78, 5) is 0. The van der Waals surface area contributed by atoms with Crippen LogP contribution in [0.2, 0.25) is 0 Å². The minimum atomic E-state index is -3.40. The third-order valence-corrected chi connectivity index (χ3v) is 6.00. The second-order valence-corrected chi connectivity index (χ2v) is 7.80. The fourth-order valence-electron chi connectivity index (χ4n) is 2.86. The average Bonchev–Trinajstić information content (AvgIpc) is 3.17. The number of hydrogen-bond acceptors (Lipinski definition) is 5. The predicted molar refractivity (Wildman–Crippen MR) is 85.3 cm³/mol. The fourth-order valence-corrected chi connectivity index (χ4v) is 4.42. The molecule has 0 bridgehead atoms. The zero-order valence-corrected chi connectivity index (χ0v) is 14.0. The Kier molecular flexibility index (Phi) is 4.47. The van der Waals surface area contributed by atoms with Gasteiger partial charge in [0.15, 0.2) is 0 Å². The maximum absolute atomic E-state index is 12.7. The molecule has 7 nitrogen and oxygen atoms in total. The Hall–Kier alpha value is -1.77. The van der Waals surface area contributed by atoms with Crippen molar-refractivity contribution in [3.63, 3.8) is 0 Å². The fraction of sp³-hybridized carbons (Fsp3) is 0.467. The summed E-state index contributed by atoms with van der Waals surface area (Å²) >= 11 is 0. The van der Waals surface area contributed by atoms with Crippen LogP contribution in [0.5, 0.6) is 0 Å². The number of nitrogens with zero attached hydrogens (tertiary/aromatic N) is 3. The van der Waals surface area contributed by atoms with E-state index in [-0.39, 0.29) is 17.8 Å². The largest absolute Gasteiger partial charge is 0.379 e. The summed E-state index contributed by atoms with van der Waals surface area (Å²) in [6, 6.07) is 7.55. The number of methoxy groups -OCH3 is 1. The van der Waals surface area contributed by atoms with E-state index in [0.29, 0.717) is 13.1 Å². The first-order valence-corrected chi connectivity index (χ1v) is 9.02. The van der Waals surface area contributed by atoms with Gasteiger partial charge < -0.3 is 4.74 Å². The van der Waals surface area contributed by atoms with E-state index in [4.69, 9.17) is 4.74 Å². The van der Waals surface area contributed by atoms with Crippen LogP contribution in [-0.4, -0.2) is 54.4 Å². The highest BCUT2D eigenvalue weighted by molar-refractivity contribution is 7.88. The standard InChI is InChI=1S/C15H20N4O3S/c1-11-3-5-12(6-4-11)10-23(20,21)19-8-13(15(9-19)22-2)14-7-16-18-17-14/h3-7,13,15H,8-10H2,1-2H3,(H,16,17,18)/t13-,15+/m0/s1. The summed E-state index contributed by atoms with van der Waals surface area (Å²) in [5, 5.41) is 10.4. The van der Waals surface area contributed by atoms with E-state index in [0.717, 1.165) is 16.8 Å². The van der Waals surface area contributed by atoms with Crippen molar-refractivity contribution in [1.82, 2.24) is 19.7 Å². The number of benzene rings is 1. The molecule has 1 aliphatic rings. The van der Waals surface area contributed by atoms with E-state index in [1.807, 2.05) is 31.2 Å². The zero-order valence-electron chi connectivity index (χ0n) is 13.1. The molecule has 0 spiro atoms. The van der Waals surface area contributed by atoms with Gasteiger partial charge in [0.25, 0.3) is 0 Å². The van der Waals surface area contributed by atoms with Gasteiger partial charge in [-0.05, 0) is 12.5 Å². The Morgan fingerprint density at radius 1 is 1.30 bits per heavy atom. The SMILES string of the molecule is CO[C@@H]1CN(S(=O)(=O)Cc2ccc(C)cc2)C[C@H]1c1cn[nH]n1. The van der Waals surface area contributed by atoms with Gasteiger partial charge in [0.05, 0.1) is 23.7 Å². The van der Waals surface area contributed by atoms with Gasteiger partial charge in [0.2, 0.25) is 10.0 Å². The summed E-state index contributed by atoms with van der Waals surface area (Å²) < 4.78 is 32.3. The molecule has 8 heteroatoms. The first-order chi connectivity index (χ1) is 11.0. The minimum absolute atomic E-state index is 0.00471. The number of rotatable bonds is 5. The van der Waals surface area contributed by atoms with E-state index in [1.165, 1.54) is 4.31 Å². The van der Waals surface area contributed by atoms with Gasteiger partial charge in [-0.2, -0.15) is 19.7 Å². The molecule has 1 aromatic heterocycles. The lowest BCUT2D eigenvalue weighted by Gasteiger charge is -2.16. The molecule has 1 saturated heterocycles. The Morgan fingerprint density at radius 2 is 2.04 bits per heavy atom. The van der Waals surface area contributed by atoms with Gasteiger partial charge in [0, 0.05) is 26.1 Å². The molecule has 2 heterocycles. The molecule has 2 atom stereocenters. The summed E-state index contributed by atoms with van der Waals surface area (Å²) in [6.07, 6.45) is 1.40. The summed E-state index contributed by atoms with van der Waals surface area (Å²) in [5.74, 6) is -0.110. The molecule has 1 aliphatic heterocycles. The molecule has 124 valence electrons. The molecule has 0 saturated carbocycles. The number of ether oxygens (including phenoxy) is 1. The molecule has 23 heavy (non-hydrogen) atoms. The first-order valence-electron chi connectivity index (χ1n) is 7.41. The van der Waals surface area contributed by atoms with Crippen molar-refractivity contribution in [2.45, 2.75) is 24.7 Å². The van der Waals surface area contributed by atoms with Gasteiger partial charge in [-0.3, -0.25) is 0 Å². The lowest BCUT2D eigenvalue weighted by Crippen LogP contribution is -2.31. The molecule has 0 radical (unpaired) electrons. The van der Waals surface area contributed by atoms with Crippen LogP contribution in [0.15, 0.2) is 30.5 Å². The maximum atomic E-state index is 12.7. The maximum Gasteiger partial charge on any atom is 0.218 e. The smallest absolute Gasteiger partial charge is 0.218 e. The summed E-state index contributed by atoms with van der Waals surface area (Å²) in [7, 11) is -1.81. The summed E-state index contributed by atoms with van der Waals surface area (Å²) in [6.45, 7) is 2.67. The van der Waals surface area contributed by atoms with Crippen LogP contribution in [0.1, 0.15) is 22.7 Å². The van der Waals surface area contributed by atoms with E-state index in [9.17, 15) is 8.42 Å². The normalized spacial score (nSPS) is 22.5. The molecular weight excluding hydrogens is 316 g/mol. The van der Waals surface area contributed by atoms with Crippen LogP contribution in [0.3, 0.4) is 0 Å². The van der Waals surface area contributed by atoms with Crippen molar-refractivity contribution in [1.29, 1.82) is 0 Å². The van der Waals surface area contributed by atoms with E-state index < -0.39 is 10.0 Å². The number of aromatic amines is 1. The highest BCUT2D eigenvalue weighted by Gasteiger charge is 2.40. The highest BCUT2D eigenvalue weighted by atomic mass is 32.2. The van der Waals surface area contributed by atoms with Gasteiger partial charge in [-0.1, -0.05) is 29.8 Å². The van der Waals surface area contributed by atoms with E-state index >= 15 is 0 Å². The third kappa shape index (κ3) is 3.44. The molecular formula is C15H20N4O3S. The van der Waals surface area contributed by atoms with Gasteiger partial charge >= 0.3 is 0 Å². The van der Waals surface area contributed by atoms with Crippen molar-refractivity contribution >= 4 is 10.0 Å². The Labute approximate surface area is 135 Å². The minimum Gasteiger partial charge on any atom is -0.379 e. The molecule has 0 unspecified atom stereocenters. The topological polar surface area (TPSA) is 88.2 Å². The molecule has 1 aromatic carbocycles. The van der Waals surface area contributed by atoms with Crippen LogP contribution in [-0.2, 0) is 20.5 Å². The van der Waals surface area contributed by atoms with Gasteiger partial charge in [0.1, 0.15) is 0 Å². The van der Waals surface area contributed by atoms with Crippen LogP contribution in [0.25, 0.3) is 0 Å². The molecule has 0 amide bonds. The summed E-state index contributed by atoms with van der Waals surface area (Å²) in [5.41, 5.74) is 2.62. The van der Waals surface area contributed by atoms with Crippen molar-refractivity contribution in [3.8, 4) is 0 Å². The van der Waals surface area contributed by atoms with Crippen molar-refractivity contribution in [2.75, 3.05) is 20.2 Å². The number of nitrogens with one attached hydrogen (secondary N) is 1. The van der Waals surface area contributed by atoms with Crippen LogP contribution in [0.4, 0.5) is 0 Å². The van der Waals surface area contributed by atoms with Crippen LogP contribution in [0, 0.1) is 6.92 Å². The number of aromatic nitrogens is 3. The lowest BCUT2D eigenvalue weighted by molar-refractivity contribution is 0.101. The van der Waals surface area contributed by atoms with Crippen LogP contribution >= 0.6 is 0 Å². The number of sulfonamides is 1. The zero-order chi connectivity index (χ0) is 16.4. The number of aryl methyl sites for hydroxylation is 1. The van der Waals surface area contributed by atoms with E-state index in [1.54, 1.807) is 13.3 Å².